The fraction of sp³-hybridized carbons (Fsp3) is 0.644. The van der Waals surface area contributed by atoms with Gasteiger partial charge < -0.3 is 73.4 Å². The second-order valence-corrected chi connectivity index (χ2v) is 18.2. The summed E-state index contributed by atoms with van der Waals surface area (Å²) in [6.45, 7) is 9.97. The van der Waals surface area contributed by atoms with Gasteiger partial charge in [-0.1, -0.05) is 58.0 Å². The first kappa shape index (κ1) is 58.9. The van der Waals surface area contributed by atoms with Crippen molar-refractivity contribution in [2.45, 2.75) is 160 Å². The fourth-order valence-corrected chi connectivity index (χ4v) is 7.43. The van der Waals surface area contributed by atoms with Gasteiger partial charge in [0, 0.05) is 19.4 Å². The smallest absolute Gasteiger partial charge is 0.328 e. The van der Waals surface area contributed by atoms with Crippen molar-refractivity contribution >= 4 is 59.2 Å². The number of nitrogens with two attached hydrogens (primary N) is 1. The van der Waals surface area contributed by atoms with Crippen LogP contribution in [0.5, 0.6) is 0 Å². The van der Waals surface area contributed by atoms with Gasteiger partial charge in [-0.15, -0.1) is 0 Å². The summed E-state index contributed by atoms with van der Waals surface area (Å²) in [6, 6.07) is -2.60. The average molecular weight is 978 g/mol. The van der Waals surface area contributed by atoms with Crippen molar-refractivity contribution in [3.63, 3.8) is 0 Å². The molecule has 0 saturated carbocycles. The Hall–Kier alpha value is -6.24. The first-order chi connectivity index (χ1) is 32.2. The zero-order valence-corrected chi connectivity index (χ0v) is 40.1. The third-order valence-electron chi connectivity index (χ3n) is 11.0. The monoisotopic (exact) mass is 978 g/mol. The molecule has 11 unspecified atom stereocenters. The highest BCUT2D eigenvalue weighted by molar-refractivity contribution is 5.98. The molecule has 2 rings (SSSR count). The SMILES string of the molecule is CC(C)CC(N)C(=O)NC(CC(C)C)C(=O)NC(Cc1ccccc1)C(=O)N1CCCC1C(=O)NC(CCC(=O)O)C(=O)NCC(=O)NC(C(=O)NC(C(=O)NC(C(=O)O)C(C)O)C(C)O)C(C)O. The molecule has 24 nitrogen and oxygen atoms in total. The van der Waals surface area contributed by atoms with E-state index in [-0.39, 0.29) is 37.6 Å². The molecule has 8 amide bonds. The number of rotatable bonds is 28. The molecule has 1 aromatic rings. The van der Waals surface area contributed by atoms with Crippen LogP contribution in [0.15, 0.2) is 30.3 Å². The molecule has 1 saturated heterocycles. The zero-order chi connectivity index (χ0) is 52.3. The number of carboxylic acids is 2. The third kappa shape index (κ3) is 19.7. The number of nitrogens with one attached hydrogen (secondary N) is 7. The standard InChI is InChI=1S/C45H71N9O15/c1-22(2)18-28(46)38(61)49-30(19-23(3)4)40(63)50-31(20-27-12-9-8-10-13-27)44(67)54-17-11-14-32(54)41(64)48-29(15-16-34(59)60)39(62)47-21-33(58)51-35(24(5)55)42(65)52-36(25(6)56)43(66)53-37(26(7)57)45(68)69/h8-10,12-13,22-26,28-32,35-37,55-57H,11,14-21,46H2,1-7H3,(H,47,62)(H,48,64)(H,49,61)(H,50,63)(H,51,58)(H,52,65)(H,53,66)(H,59,60)(H,68,69). The maximum Gasteiger partial charge on any atom is 0.328 e. The Morgan fingerprint density at radius 1 is 0.638 bits per heavy atom. The molecule has 11 atom stereocenters. The number of carbonyl (C=O) groups excluding carboxylic acids is 8. The normalized spacial score (nSPS) is 17.9. The van der Waals surface area contributed by atoms with Gasteiger partial charge in [0.1, 0.15) is 36.3 Å². The molecule has 1 fully saturated rings. The van der Waals surface area contributed by atoms with Crippen LogP contribution in [0.2, 0.25) is 0 Å². The molecule has 0 aromatic heterocycles. The number of hydrogen-bond acceptors (Lipinski definition) is 14. The lowest BCUT2D eigenvalue weighted by molar-refractivity contribution is -0.146. The molecule has 0 radical (unpaired) electrons. The average Bonchev–Trinajstić information content (AvgIpc) is 3.76. The van der Waals surface area contributed by atoms with Crippen molar-refractivity contribution in [3.05, 3.63) is 35.9 Å². The summed E-state index contributed by atoms with van der Waals surface area (Å²) >= 11 is 0. The van der Waals surface area contributed by atoms with Crippen LogP contribution in [-0.2, 0) is 54.4 Å². The van der Waals surface area contributed by atoms with Crippen molar-refractivity contribution in [2.24, 2.45) is 17.6 Å². The first-order valence-electron chi connectivity index (χ1n) is 22.9. The van der Waals surface area contributed by atoms with E-state index in [0.717, 1.165) is 20.8 Å². The number of hydrogen-bond donors (Lipinski definition) is 13. The molecule has 1 heterocycles. The molecule has 1 aliphatic rings. The highest BCUT2D eigenvalue weighted by Gasteiger charge is 2.40. The minimum absolute atomic E-state index is 0.00238. The van der Waals surface area contributed by atoms with Gasteiger partial charge in [-0.25, -0.2) is 4.79 Å². The van der Waals surface area contributed by atoms with E-state index in [2.05, 4.69) is 31.9 Å². The molecule has 1 aromatic carbocycles. The van der Waals surface area contributed by atoms with Crippen molar-refractivity contribution < 1.29 is 73.5 Å². The molecule has 24 heteroatoms. The lowest BCUT2D eigenvalue weighted by Gasteiger charge is -2.31. The number of likely N-dealkylation sites (tertiary alicyclic amines) is 1. The Labute approximate surface area is 400 Å². The van der Waals surface area contributed by atoms with Crippen LogP contribution < -0.4 is 43.0 Å². The van der Waals surface area contributed by atoms with Crippen LogP contribution >= 0.6 is 0 Å². The molecule has 69 heavy (non-hydrogen) atoms. The number of nitrogens with zero attached hydrogens (tertiary/aromatic N) is 1. The number of aliphatic hydroxyl groups is 3. The fourth-order valence-electron chi connectivity index (χ4n) is 7.43. The summed E-state index contributed by atoms with van der Waals surface area (Å²) < 4.78 is 0. The Morgan fingerprint density at radius 3 is 1.70 bits per heavy atom. The van der Waals surface area contributed by atoms with E-state index in [9.17, 15) is 73.5 Å². The largest absolute Gasteiger partial charge is 0.481 e. The maximum absolute atomic E-state index is 14.4. The Morgan fingerprint density at radius 2 is 1.17 bits per heavy atom. The van der Waals surface area contributed by atoms with Crippen molar-refractivity contribution in [1.82, 2.24) is 42.1 Å². The molecule has 0 bridgehead atoms. The second-order valence-electron chi connectivity index (χ2n) is 18.2. The third-order valence-corrected chi connectivity index (χ3v) is 11.0. The summed E-state index contributed by atoms with van der Waals surface area (Å²) in [5.74, 6) is -10.1. The first-order valence-corrected chi connectivity index (χ1v) is 22.9. The number of aliphatic hydroxyl groups excluding tert-OH is 3. The summed E-state index contributed by atoms with van der Waals surface area (Å²) in [7, 11) is 0. The molecular formula is C45H71N9O15. The molecule has 0 spiro atoms. The van der Waals surface area contributed by atoms with Gasteiger partial charge in [0.25, 0.3) is 0 Å². The molecular weight excluding hydrogens is 907 g/mol. The van der Waals surface area contributed by atoms with Crippen molar-refractivity contribution in [2.75, 3.05) is 13.1 Å². The number of amides is 8. The van der Waals surface area contributed by atoms with Gasteiger partial charge >= 0.3 is 11.9 Å². The van der Waals surface area contributed by atoms with Gasteiger partial charge in [-0.05, 0) is 70.3 Å². The van der Waals surface area contributed by atoms with Crippen molar-refractivity contribution in [1.29, 1.82) is 0 Å². The van der Waals surface area contributed by atoms with E-state index in [1.54, 1.807) is 30.3 Å². The highest BCUT2D eigenvalue weighted by Crippen LogP contribution is 2.21. The van der Waals surface area contributed by atoms with Gasteiger partial charge in [-0.3, -0.25) is 43.2 Å². The Balaban J connectivity index is 2.27. The zero-order valence-electron chi connectivity index (χ0n) is 40.1. The van der Waals surface area contributed by atoms with E-state index in [1.807, 2.05) is 33.0 Å². The lowest BCUT2D eigenvalue weighted by Crippen LogP contribution is -2.62. The molecule has 1 aliphatic heterocycles. The van der Waals surface area contributed by atoms with Crippen LogP contribution in [-0.4, -0.2) is 169 Å². The summed E-state index contributed by atoms with van der Waals surface area (Å²) in [4.78, 5) is 132. The summed E-state index contributed by atoms with van der Waals surface area (Å²) in [5.41, 5.74) is 6.78. The van der Waals surface area contributed by atoms with E-state index in [4.69, 9.17) is 5.73 Å². The maximum atomic E-state index is 14.4. The minimum atomic E-state index is -1.82. The number of benzene rings is 1. The highest BCUT2D eigenvalue weighted by atomic mass is 16.4. The van der Waals surface area contributed by atoms with Crippen molar-refractivity contribution in [3.8, 4) is 0 Å². The van der Waals surface area contributed by atoms with Gasteiger partial charge in [0.05, 0.1) is 30.9 Å². The van der Waals surface area contributed by atoms with E-state index in [0.29, 0.717) is 18.4 Å². The predicted octanol–water partition coefficient (Wildman–Crippen LogP) is -3.24. The minimum Gasteiger partial charge on any atom is -0.481 e. The Bertz CT molecular complexity index is 1950. The van der Waals surface area contributed by atoms with Crippen LogP contribution in [0.4, 0.5) is 0 Å². The molecule has 386 valence electrons. The lowest BCUT2D eigenvalue weighted by atomic mass is 9.99. The Kier molecular flexibility index (Phi) is 24.2. The molecule has 0 aliphatic carbocycles. The topological polar surface area (TPSA) is 385 Å². The van der Waals surface area contributed by atoms with Gasteiger partial charge in [0.15, 0.2) is 6.04 Å². The molecule has 14 N–H and O–H groups in total. The number of carboxylic acid groups (broad SMARTS) is 2. The predicted molar refractivity (Wildman–Crippen MR) is 246 cm³/mol. The summed E-state index contributed by atoms with van der Waals surface area (Å²) in [6.07, 6.45) is -4.88. The van der Waals surface area contributed by atoms with Crippen LogP contribution in [0.3, 0.4) is 0 Å². The van der Waals surface area contributed by atoms with Crippen LogP contribution in [0, 0.1) is 11.8 Å². The van der Waals surface area contributed by atoms with Gasteiger partial charge in [0.2, 0.25) is 47.3 Å². The van der Waals surface area contributed by atoms with Gasteiger partial charge in [-0.2, -0.15) is 0 Å². The van der Waals surface area contributed by atoms with Crippen LogP contribution in [0.25, 0.3) is 0 Å². The summed E-state index contributed by atoms with van der Waals surface area (Å²) in [5, 5.41) is 65.4. The second kappa shape index (κ2) is 28.3. The van der Waals surface area contributed by atoms with E-state index in [1.165, 1.54) is 4.90 Å². The quantitative estimate of drug-likeness (QED) is 0.0392. The van der Waals surface area contributed by atoms with E-state index < -0.39 is 145 Å². The van der Waals surface area contributed by atoms with E-state index >= 15 is 0 Å². The number of carbonyl (C=O) groups is 10. The number of aliphatic carboxylic acids is 2. The van der Waals surface area contributed by atoms with Crippen LogP contribution in [0.1, 0.15) is 92.6 Å².